The molecule has 0 aliphatic carbocycles. The lowest BCUT2D eigenvalue weighted by Gasteiger charge is -2.26. The van der Waals surface area contributed by atoms with E-state index in [2.05, 4.69) is 5.10 Å². The van der Waals surface area contributed by atoms with E-state index in [9.17, 15) is 9.90 Å². The number of para-hydroxylation sites is 1. The first kappa shape index (κ1) is 15.5. The van der Waals surface area contributed by atoms with E-state index in [0.717, 1.165) is 29.6 Å². The molecule has 114 valence electrons. The van der Waals surface area contributed by atoms with E-state index in [1.165, 1.54) is 0 Å². The third kappa shape index (κ3) is 2.78. The van der Waals surface area contributed by atoms with E-state index in [4.69, 9.17) is 5.73 Å². The summed E-state index contributed by atoms with van der Waals surface area (Å²) in [4.78, 5) is 11.7. The number of aryl methyl sites for hydroxylation is 1. The molecule has 0 saturated heterocycles. The fourth-order valence-corrected chi connectivity index (χ4v) is 2.90. The summed E-state index contributed by atoms with van der Waals surface area (Å²) in [7, 11) is 0. The molecule has 1 aromatic heterocycles. The average molecular weight is 289 g/mol. The summed E-state index contributed by atoms with van der Waals surface area (Å²) >= 11 is 0. The van der Waals surface area contributed by atoms with E-state index >= 15 is 0 Å². The van der Waals surface area contributed by atoms with Gasteiger partial charge in [0.15, 0.2) is 0 Å². The molecule has 5 nitrogen and oxygen atoms in total. The molecule has 0 bridgehead atoms. The zero-order valence-corrected chi connectivity index (χ0v) is 12.7. The molecular formula is C16H23N3O2. The van der Waals surface area contributed by atoms with Crippen LogP contribution in [0.5, 0.6) is 0 Å². The Morgan fingerprint density at radius 3 is 2.67 bits per heavy atom. The molecule has 1 heterocycles. The predicted octanol–water partition coefficient (Wildman–Crippen LogP) is 2.43. The van der Waals surface area contributed by atoms with Crippen LogP contribution in [0.15, 0.2) is 24.3 Å². The molecular weight excluding hydrogens is 266 g/mol. The average Bonchev–Trinajstić information content (AvgIpc) is 2.84. The molecule has 0 spiro atoms. The largest absolute Gasteiger partial charge is 0.481 e. The van der Waals surface area contributed by atoms with Gasteiger partial charge in [0.1, 0.15) is 0 Å². The van der Waals surface area contributed by atoms with Gasteiger partial charge in [-0.25, -0.2) is 0 Å². The van der Waals surface area contributed by atoms with Crippen LogP contribution in [-0.4, -0.2) is 27.4 Å². The van der Waals surface area contributed by atoms with Gasteiger partial charge < -0.3 is 10.8 Å². The lowest BCUT2D eigenvalue weighted by molar-refractivity contribution is -0.148. The number of carboxylic acid groups (broad SMARTS) is 1. The van der Waals surface area contributed by atoms with Gasteiger partial charge in [-0.05, 0) is 19.4 Å². The number of fused-ring (bicyclic) bond motifs is 1. The Balaban J connectivity index is 2.48. The monoisotopic (exact) mass is 289 g/mol. The summed E-state index contributed by atoms with van der Waals surface area (Å²) in [5, 5.41) is 15.3. The van der Waals surface area contributed by atoms with Gasteiger partial charge in [0.2, 0.25) is 0 Å². The van der Waals surface area contributed by atoms with E-state index in [0.29, 0.717) is 12.8 Å². The minimum Gasteiger partial charge on any atom is -0.481 e. The first-order chi connectivity index (χ1) is 10.1. The fraction of sp³-hybridized carbons (Fsp3) is 0.500. The molecule has 5 heteroatoms. The summed E-state index contributed by atoms with van der Waals surface area (Å²) in [6.45, 7) is 4.90. The van der Waals surface area contributed by atoms with Crippen molar-refractivity contribution in [3.63, 3.8) is 0 Å². The molecule has 0 amide bonds. The van der Waals surface area contributed by atoms with Crippen LogP contribution in [0.2, 0.25) is 0 Å². The summed E-state index contributed by atoms with van der Waals surface area (Å²) in [6, 6.07) is 7.94. The highest BCUT2D eigenvalue weighted by Gasteiger charge is 2.37. The van der Waals surface area contributed by atoms with E-state index in [1.807, 2.05) is 42.8 Å². The molecule has 0 aliphatic rings. The fourth-order valence-electron chi connectivity index (χ4n) is 2.90. The SMILES string of the molecule is CCCC(CN)(Cc1nn(CC)c2ccccc12)C(=O)O. The summed E-state index contributed by atoms with van der Waals surface area (Å²) in [6.07, 6.45) is 1.72. The molecule has 0 radical (unpaired) electrons. The summed E-state index contributed by atoms with van der Waals surface area (Å²) < 4.78 is 1.92. The lowest BCUT2D eigenvalue weighted by atomic mass is 9.79. The van der Waals surface area contributed by atoms with Gasteiger partial charge in [0, 0.05) is 24.9 Å². The second-order valence-corrected chi connectivity index (χ2v) is 5.50. The van der Waals surface area contributed by atoms with Gasteiger partial charge in [-0.1, -0.05) is 31.5 Å². The molecule has 1 aromatic carbocycles. The third-order valence-electron chi connectivity index (χ3n) is 4.11. The molecule has 0 saturated carbocycles. The van der Waals surface area contributed by atoms with Gasteiger partial charge in [-0.15, -0.1) is 0 Å². The number of carboxylic acids is 1. The Bertz CT molecular complexity index is 635. The van der Waals surface area contributed by atoms with Crippen LogP contribution in [-0.2, 0) is 17.8 Å². The van der Waals surface area contributed by atoms with Gasteiger partial charge >= 0.3 is 5.97 Å². The molecule has 0 aliphatic heterocycles. The van der Waals surface area contributed by atoms with Crippen LogP contribution in [0, 0.1) is 5.41 Å². The molecule has 2 aromatic rings. The van der Waals surface area contributed by atoms with Crippen LogP contribution in [0.4, 0.5) is 0 Å². The van der Waals surface area contributed by atoms with Crippen molar-refractivity contribution in [3.8, 4) is 0 Å². The van der Waals surface area contributed by atoms with Crippen molar-refractivity contribution < 1.29 is 9.90 Å². The first-order valence-electron chi connectivity index (χ1n) is 7.46. The Labute approximate surface area is 124 Å². The number of benzene rings is 1. The van der Waals surface area contributed by atoms with Crippen molar-refractivity contribution in [2.45, 2.75) is 39.7 Å². The minimum atomic E-state index is -0.926. The van der Waals surface area contributed by atoms with Crippen LogP contribution >= 0.6 is 0 Å². The van der Waals surface area contributed by atoms with Crippen LogP contribution in [0.25, 0.3) is 10.9 Å². The lowest BCUT2D eigenvalue weighted by Crippen LogP contribution is -2.40. The third-order valence-corrected chi connectivity index (χ3v) is 4.11. The van der Waals surface area contributed by atoms with Crippen molar-refractivity contribution in [3.05, 3.63) is 30.0 Å². The summed E-state index contributed by atoms with van der Waals surface area (Å²) in [5.41, 5.74) is 6.76. The maximum absolute atomic E-state index is 11.7. The number of hydrogen-bond acceptors (Lipinski definition) is 3. The molecule has 3 N–H and O–H groups in total. The van der Waals surface area contributed by atoms with Gasteiger partial charge in [-0.3, -0.25) is 9.48 Å². The molecule has 1 atom stereocenters. The van der Waals surface area contributed by atoms with Crippen molar-refractivity contribution in [1.82, 2.24) is 9.78 Å². The van der Waals surface area contributed by atoms with Crippen LogP contribution in [0.3, 0.4) is 0 Å². The van der Waals surface area contributed by atoms with Crippen molar-refractivity contribution in [2.24, 2.45) is 11.1 Å². The standard InChI is InChI=1S/C16H23N3O2/c1-3-9-16(11-17,15(20)21)10-13-12-7-5-6-8-14(12)19(4-2)18-13/h5-8H,3-4,9-11,17H2,1-2H3,(H,20,21). The number of nitrogens with zero attached hydrogens (tertiary/aromatic N) is 2. The van der Waals surface area contributed by atoms with Crippen molar-refractivity contribution in [2.75, 3.05) is 6.54 Å². The molecule has 1 unspecified atom stereocenters. The highest BCUT2D eigenvalue weighted by Crippen LogP contribution is 2.31. The van der Waals surface area contributed by atoms with Gasteiger partial charge in [-0.2, -0.15) is 5.10 Å². The number of hydrogen-bond donors (Lipinski definition) is 2. The Kier molecular flexibility index (Phi) is 4.63. The van der Waals surface area contributed by atoms with Crippen LogP contribution < -0.4 is 5.73 Å². The number of aromatic nitrogens is 2. The maximum atomic E-state index is 11.7. The Morgan fingerprint density at radius 2 is 2.10 bits per heavy atom. The Morgan fingerprint density at radius 1 is 1.38 bits per heavy atom. The number of nitrogens with two attached hydrogens (primary N) is 1. The zero-order chi connectivity index (χ0) is 15.5. The molecule has 0 fully saturated rings. The normalized spacial score (nSPS) is 14.2. The van der Waals surface area contributed by atoms with Gasteiger partial charge in [0.05, 0.1) is 16.6 Å². The second kappa shape index (κ2) is 6.26. The highest BCUT2D eigenvalue weighted by atomic mass is 16.4. The topological polar surface area (TPSA) is 81.1 Å². The molecule has 2 rings (SSSR count). The first-order valence-corrected chi connectivity index (χ1v) is 7.46. The smallest absolute Gasteiger partial charge is 0.311 e. The number of rotatable bonds is 7. The quantitative estimate of drug-likeness (QED) is 0.820. The predicted molar refractivity (Wildman–Crippen MR) is 83.1 cm³/mol. The number of carbonyl (C=O) groups is 1. The Hall–Kier alpha value is -1.88. The second-order valence-electron chi connectivity index (χ2n) is 5.50. The van der Waals surface area contributed by atoms with Crippen molar-refractivity contribution in [1.29, 1.82) is 0 Å². The van der Waals surface area contributed by atoms with E-state index in [-0.39, 0.29) is 6.54 Å². The van der Waals surface area contributed by atoms with E-state index < -0.39 is 11.4 Å². The van der Waals surface area contributed by atoms with E-state index in [1.54, 1.807) is 0 Å². The summed E-state index contributed by atoms with van der Waals surface area (Å²) in [5.74, 6) is -0.832. The molecule has 21 heavy (non-hydrogen) atoms. The van der Waals surface area contributed by atoms with Crippen LogP contribution in [0.1, 0.15) is 32.4 Å². The highest BCUT2D eigenvalue weighted by molar-refractivity contribution is 5.83. The minimum absolute atomic E-state index is 0.128. The van der Waals surface area contributed by atoms with Gasteiger partial charge in [0.25, 0.3) is 0 Å². The number of aliphatic carboxylic acids is 1. The maximum Gasteiger partial charge on any atom is 0.311 e. The van der Waals surface area contributed by atoms with Crippen molar-refractivity contribution >= 4 is 16.9 Å². The zero-order valence-electron chi connectivity index (χ0n) is 12.7.